The maximum Gasteiger partial charge on any atom is 0.257 e. The third-order valence-electron chi connectivity index (χ3n) is 4.53. The molecule has 0 spiro atoms. The molecule has 0 amide bonds. The molecule has 2 heterocycles. The molecular formula is C21H21N5O2. The van der Waals surface area contributed by atoms with Gasteiger partial charge in [-0.05, 0) is 43.7 Å². The number of hydrogen-bond donors (Lipinski definition) is 2. The number of anilines is 2. The fraction of sp³-hybridized carbons (Fsp3) is 0.190. The van der Waals surface area contributed by atoms with E-state index in [9.17, 15) is 4.79 Å². The molecule has 0 radical (unpaired) electrons. The molecule has 0 bridgehead atoms. The molecule has 28 heavy (non-hydrogen) atoms. The van der Waals surface area contributed by atoms with Crippen LogP contribution in [0.4, 0.5) is 11.6 Å². The summed E-state index contributed by atoms with van der Waals surface area (Å²) in [5, 5.41) is 6.40. The molecule has 142 valence electrons. The lowest BCUT2D eigenvalue weighted by atomic mass is 10.1. The smallest absolute Gasteiger partial charge is 0.257 e. The van der Waals surface area contributed by atoms with Crippen molar-refractivity contribution in [3.63, 3.8) is 0 Å². The molecule has 7 heteroatoms. The largest absolute Gasteiger partial charge is 0.497 e. The second-order valence-electron chi connectivity index (χ2n) is 6.67. The Morgan fingerprint density at radius 3 is 2.46 bits per heavy atom. The summed E-state index contributed by atoms with van der Waals surface area (Å²) in [7, 11) is 1.62. The zero-order chi connectivity index (χ0) is 19.7. The number of methoxy groups -OCH3 is 1. The number of guanidine groups is 1. The number of nitrogens with zero attached hydrogens (tertiary/aromatic N) is 3. The molecule has 1 aromatic heterocycles. The predicted octanol–water partition coefficient (Wildman–Crippen LogP) is 3.31. The summed E-state index contributed by atoms with van der Waals surface area (Å²) < 4.78 is 6.78. The molecule has 0 saturated heterocycles. The quantitative estimate of drug-likeness (QED) is 0.734. The average molecular weight is 375 g/mol. The fourth-order valence-corrected chi connectivity index (χ4v) is 3.09. The number of fused-ring (bicyclic) bond motifs is 1. The van der Waals surface area contributed by atoms with Crippen molar-refractivity contribution in [1.29, 1.82) is 0 Å². The van der Waals surface area contributed by atoms with E-state index >= 15 is 0 Å². The molecule has 1 aliphatic rings. The first kappa shape index (κ1) is 17.8. The Kier molecular flexibility index (Phi) is 4.57. The molecule has 3 aromatic rings. The fourth-order valence-electron chi connectivity index (χ4n) is 3.09. The van der Waals surface area contributed by atoms with Gasteiger partial charge in [0.05, 0.1) is 7.11 Å². The summed E-state index contributed by atoms with van der Waals surface area (Å²) in [6, 6.07) is 17.0. The van der Waals surface area contributed by atoms with Gasteiger partial charge in [-0.25, -0.2) is 9.98 Å². The van der Waals surface area contributed by atoms with Crippen LogP contribution >= 0.6 is 0 Å². The number of benzene rings is 2. The van der Waals surface area contributed by atoms with Gasteiger partial charge in [0, 0.05) is 17.4 Å². The first-order valence-corrected chi connectivity index (χ1v) is 8.96. The molecule has 0 saturated carbocycles. The monoisotopic (exact) mass is 375 g/mol. The van der Waals surface area contributed by atoms with Crippen LogP contribution in [0.1, 0.15) is 23.0 Å². The van der Waals surface area contributed by atoms with Gasteiger partial charge < -0.3 is 10.1 Å². The summed E-state index contributed by atoms with van der Waals surface area (Å²) in [5.41, 5.74) is 3.42. The number of aliphatic imine (C=N–C) groups is 1. The highest BCUT2D eigenvalue weighted by atomic mass is 16.5. The van der Waals surface area contributed by atoms with Crippen LogP contribution in [0, 0.1) is 13.8 Å². The summed E-state index contributed by atoms with van der Waals surface area (Å²) in [6.07, 6.45) is -0.532. The molecule has 0 aliphatic carbocycles. The van der Waals surface area contributed by atoms with Gasteiger partial charge in [-0.2, -0.15) is 0 Å². The standard InChI is InChI=1S/C21H21N5O2/c1-13-4-8-16(9-5-13)23-20-24-19(15-6-10-17(28-3)11-7-15)26-18(27)12-14(2)22-21(26)25-20/h4-12,19H,1-3H3,(H2,22,23,24,25)/t19-/m1/s1. The first-order valence-electron chi connectivity index (χ1n) is 8.96. The zero-order valence-corrected chi connectivity index (χ0v) is 15.9. The number of hydrogen-bond acceptors (Lipinski definition) is 6. The van der Waals surface area contributed by atoms with E-state index in [0.29, 0.717) is 17.6 Å². The van der Waals surface area contributed by atoms with Crippen LogP contribution < -0.4 is 20.9 Å². The lowest BCUT2D eigenvalue weighted by Crippen LogP contribution is -2.37. The maximum atomic E-state index is 12.7. The van der Waals surface area contributed by atoms with Crippen LogP contribution in [0.15, 0.2) is 64.4 Å². The molecular weight excluding hydrogens is 354 g/mol. The minimum atomic E-state index is -0.532. The van der Waals surface area contributed by atoms with E-state index in [1.807, 2.05) is 55.5 Å². The van der Waals surface area contributed by atoms with Crippen molar-refractivity contribution in [2.24, 2.45) is 4.99 Å². The highest BCUT2D eigenvalue weighted by molar-refractivity contribution is 6.03. The first-order chi connectivity index (χ1) is 13.5. The van der Waals surface area contributed by atoms with Crippen LogP contribution in [-0.4, -0.2) is 22.6 Å². The third-order valence-corrected chi connectivity index (χ3v) is 4.53. The maximum absolute atomic E-state index is 12.7. The highest BCUT2D eigenvalue weighted by Crippen LogP contribution is 2.27. The van der Waals surface area contributed by atoms with Crippen molar-refractivity contribution < 1.29 is 4.74 Å². The highest BCUT2D eigenvalue weighted by Gasteiger charge is 2.25. The summed E-state index contributed by atoms with van der Waals surface area (Å²) in [4.78, 5) is 21.9. The summed E-state index contributed by atoms with van der Waals surface area (Å²) in [5.74, 6) is 1.73. The second-order valence-corrected chi connectivity index (χ2v) is 6.67. The molecule has 0 unspecified atom stereocenters. The molecule has 7 nitrogen and oxygen atoms in total. The predicted molar refractivity (Wildman–Crippen MR) is 110 cm³/mol. The van der Waals surface area contributed by atoms with Crippen molar-refractivity contribution in [3.05, 3.63) is 81.8 Å². The topological polar surface area (TPSA) is 80.5 Å². The Hall–Kier alpha value is -3.61. The van der Waals surface area contributed by atoms with E-state index in [1.54, 1.807) is 18.6 Å². The number of aryl methyl sites for hydroxylation is 2. The average Bonchev–Trinajstić information content (AvgIpc) is 2.69. The van der Waals surface area contributed by atoms with Gasteiger partial charge in [0.2, 0.25) is 11.9 Å². The number of ether oxygens (including phenoxy) is 1. The third kappa shape index (κ3) is 3.46. The second kappa shape index (κ2) is 7.19. The van der Waals surface area contributed by atoms with Crippen LogP contribution in [0.3, 0.4) is 0 Å². The Morgan fingerprint density at radius 2 is 1.79 bits per heavy atom. The van der Waals surface area contributed by atoms with Gasteiger partial charge in [-0.1, -0.05) is 29.8 Å². The molecule has 0 fully saturated rings. The minimum Gasteiger partial charge on any atom is -0.497 e. The molecule has 2 aromatic carbocycles. The Bertz CT molecular complexity index is 1090. The SMILES string of the molecule is COc1ccc([C@@H]2N=C(Nc3ccc(C)cc3)Nc3nc(C)cc(=O)n32)cc1. The molecule has 1 atom stereocenters. The minimum absolute atomic E-state index is 0.158. The van der Waals surface area contributed by atoms with Crippen LogP contribution in [0.5, 0.6) is 5.75 Å². The van der Waals surface area contributed by atoms with E-state index < -0.39 is 6.17 Å². The number of aromatic nitrogens is 2. The van der Waals surface area contributed by atoms with E-state index in [4.69, 9.17) is 9.73 Å². The van der Waals surface area contributed by atoms with Gasteiger partial charge in [-0.15, -0.1) is 0 Å². The lowest BCUT2D eigenvalue weighted by Gasteiger charge is -2.27. The number of nitrogens with one attached hydrogen (secondary N) is 2. The van der Waals surface area contributed by atoms with Crippen LogP contribution in [0.25, 0.3) is 0 Å². The van der Waals surface area contributed by atoms with Gasteiger partial charge in [0.15, 0.2) is 6.17 Å². The Labute approximate surface area is 162 Å². The van der Waals surface area contributed by atoms with E-state index in [2.05, 4.69) is 15.6 Å². The van der Waals surface area contributed by atoms with Crippen molar-refractivity contribution in [3.8, 4) is 5.75 Å². The lowest BCUT2D eigenvalue weighted by molar-refractivity contribution is 0.414. The van der Waals surface area contributed by atoms with Crippen LogP contribution in [0.2, 0.25) is 0 Å². The van der Waals surface area contributed by atoms with Gasteiger partial charge >= 0.3 is 0 Å². The van der Waals surface area contributed by atoms with Crippen LogP contribution in [-0.2, 0) is 0 Å². The Morgan fingerprint density at radius 1 is 1.07 bits per heavy atom. The summed E-state index contributed by atoms with van der Waals surface area (Å²) in [6.45, 7) is 3.83. The molecule has 1 aliphatic heterocycles. The van der Waals surface area contributed by atoms with Crippen molar-refractivity contribution >= 4 is 17.6 Å². The van der Waals surface area contributed by atoms with Gasteiger partial charge in [-0.3, -0.25) is 14.7 Å². The van der Waals surface area contributed by atoms with E-state index in [-0.39, 0.29) is 5.56 Å². The van der Waals surface area contributed by atoms with Gasteiger partial charge in [0.25, 0.3) is 5.56 Å². The number of rotatable bonds is 3. The van der Waals surface area contributed by atoms with Crippen molar-refractivity contribution in [1.82, 2.24) is 9.55 Å². The van der Waals surface area contributed by atoms with E-state index in [1.165, 1.54) is 11.6 Å². The van der Waals surface area contributed by atoms with Gasteiger partial charge in [0.1, 0.15) is 5.75 Å². The van der Waals surface area contributed by atoms with Crippen molar-refractivity contribution in [2.45, 2.75) is 20.0 Å². The van der Waals surface area contributed by atoms with Crippen molar-refractivity contribution in [2.75, 3.05) is 17.7 Å². The molecule has 2 N–H and O–H groups in total. The zero-order valence-electron chi connectivity index (χ0n) is 15.9. The normalized spacial score (nSPS) is 15.2. The van der Waals surface area contributed by atoms with E-state index in [0.717, 1.165) is 17.0 Å². The Balaban J connectivity index is 1.77. The molecule has 4 rings (SSSR count). The summed E-state index contributed by atoms with van der Waals surface area (Å²) >= 11 is 0.